The number of nitrogens with zero attached hydrogens (tertiary/aromatic N) is 1. The lowest BCUT2D eigenvalue weighted by molar-refractivity contribution is 0.0715. The largest absolute Gasteiger partial charge is 0.493 e. The zero-order chi connectivity index (χ0) is 20.4. The monoisotopic (exact) mass is 394 g/mol. The Morgan fingerprint density at radius 1 is 1.00 bits per heavy atom. The fourth-order valence-corrected chi connectivity index (χ4v) is 3.58. The van der Waals surface area contributed by atoms with Crippen molar-refractivity contribution in [1.82, 2.24) is 4.90 Å². The maximum Gasteiger partial charge on any atom is 0.256 e. The van der Waals surface area contributed by atoms with Crippen molar-refractivity contribution in [3.05, 3.63) is 71.7 Å². The second kappa shape index (κ2) is 7.79. The number of ether oxygens (including phenoxy) is 3. The Balaban J connectivity index is 1.72. The number of carbonyl (C=O) groups is 1. The van der Waals surface area contributed by atoms with Crippen LogP contribution in [0.1, 0.15) is 27.8 Å². The van der Waals surface area contributed by atoms with E-state index in [0.29, 0.717) is 35.1 Å². The number of hydrogen-bond acceptors (Lipinski definition) is 6. The number of methoxy groups -OCH3 is 3. The number of carbonyl (C=O) groups excluding carboxylic acids is 1. The van der Waals surface area contributed by atoms with Crippen LogP contribution in [0.5, 0.6) is 17.2 Å². The number of amides is 1. The smallest absolute Gasteiger partial charge is 0.256 e. The van der Waals surface area contributed by atoms with Gasteiger partial charge < -0.3 is 28.8 Å². The molecule has 2 aromatic carbocycles. The molecule has 0 saturated heterocycles. The Morgan fingerprint density at radius 3 is 2.34 bits per heavy atom. The average molecular weight is 394 g/mol. The molecule has 0 fully saturated rings. The van der Waals surface area contributed by atoms with Crippen LogP contribution < -0.4 is 19.5 Å². The quantitative estimate of drug-likeness (QED) is 0.651. The van der Waals surface area contributed by atoms with Crippen LogP contribution in [0.3, 0.4) is 0 Å². The van der Waals surface area contributed by atoms with Gasteiger partial charge in [-0.25, -0.2) is 0 Å². The van der Waals surface area contributed by atoms with E-state index in [4.69, 9.17) is 18.6 Å². The van der Waals surface area contributed by atoms with Crippen LogP contribution in [0, 0.1) is 0 Å². The van der Waals surface area contributed by atoms with Crippen molar-refractivity contribution in [2.75, 3.05) is 26.6 Å². The van der Waals surface area contributed by atoms with Gasteiger partial charge in [-0.1, -0.05) is 18.2 Å². The summed E-state index contributed by atoms with van der Waals surface area (Å²) in [5.41, 5.74) is 2.31. The molecule has 4 rings (SSSR count). The molecule has 0 bridgehead atoms. The summed E-state index contributed by atoms with van der Waals surface area (Å²) in [6, 6.07) is 14.9. The van der Waals surface area contributed by atoms with E-state index >= 15 is 0 Å². The SMILES string of the molecule is COc1cc(N[C@H]2c3ccccc3C(=O)N2Cc2ccco2)cc(OC)c1OC. The number of nitrogens with one attached hydrogen (secondary N) is 1. The first kappa shape index (κ1) is 18.7. The molecule has 0 radical (unpaired) electrons. The molecule has 1 atom stereocenters. The van der Waals surface area contributed by atoms with E-state index in [1.54, 1.807) is 32.5 Å². The van der Waals surface area contributed by atoms with E-state index in [0.717, 1.165) is 11.3 Å². The maximum absolute atomic E-state index is 13.0. The maximum atomic E-state index is 13.0. The molecule has 29 heavy (non-hydrogen) atoms. The fourth-order valence-electron chi connectivity index (χ4n) is 3.58. The van der Waals surface area contributed by atoms with Crippen molar-refractivity contribution in [2.24, 2.45) is 0 Å². The first-order valence-electron chi connectivity index (χ1n) is 9.15. The summed E-state index contributed by atoms with van der Waals surface area (Å²) in [4.78, 5) is 14.8. The summed E-state index contributed by atoms with van der Waals surface area (Å²) in [5, 5.41) is 3.44. The third kappa shape index (κ3) is 3.35. The Hall–Kier alpha value is -3.61. The lowest BCUT2D eigenvalue weighted by Gasteiger charge is -2.27. The molecule has 0 spiro atoms. The lowest BCUT2D eigenvalue weighted by atomic mass is 10.1. The molecular formula is C22H22N2O5. The minimum absolute atomic E-state index is 0.0538. The van der Waals surface area contributed by atoms with Crippen molar-refractivity contribution in [3.63, 3.8) is 0 Å². The number of hydrogen-bond donors (Lipinski definition) is 1. The normalized spacial score (nSPS) is 15.2. The molecule has 0 aliphatic carbocycles. The predicted molar refractivity (Wildman–Crippen MR) is 107 cm³/mol. The van der Waals surface area contributed by atoms with Gasteiger partial charge in [0, 0.05) is 28.9 Å². The van der Waals surface area contributed by atoms with Crippen LogP contribution in [0.15, 0.2) is 59.2 Å². The standard InChI is InChI=1S/C22H22N2O5/c1-26-18-11-14(12-19(27-2)20(18)28-3)23-21-16-8-4-5-9-17(16)22(25)24(21)13-15-7-6-10-29-15/h4-12,21,23H,13H2,1-3H3/t21-/m1/s1. The molecule has 2 heterocycles. The molecule has 1 amide bonds. The number of rotatable bonds is 7. The lowest BCUT2D eigenvalue weighted by Crippen LogP contribution is -2.31. The molecule has 7 nitrogen and oxygen atoms in total. The van der Waals surface area contributed by atoms with E-state index < -0.39 is 0 Å². The third-order valence-corrected chi connectivity index (χ3v) is 4.93. The van der Waals surface area contributed by atoms with Crippen molar-refractivity contribution in [3.8, 4) is 17.2 Å². The second-order valence-corrected chi connectivity index (χ2v) is 6.56. The topological polar surface area (TPSA) is 73.2 Å². The van der Waals surface area contributed by atoms with Crippen LogP contribution >= 0.6 is 0 Å². The number of furan rings is 1. The summed E-state index contributed by atoms with van der Waals surface area (Å²) in [6.07, 6.45) is 1.23. The van der Waals surface area contributed by atoms with Gasteiger partial charge >= 0.3 is 0 Å². The third-order valence-electron chi connectivity index (χ3n) is 4.93. The highest BCUT2D eigenvalue weighted by molar-refractivity contribution is 5.99. The Kier molecular flexibility index (Phi) is 5.03. The fraction of sp³-hybridized carbons (Fsp3) is 0.227. The van der Waals surface area contributed by atoms with E-state index in [9.17, 15) is 4.79 Å². The first-order chi connectivity index (χ1) is 14.2. The molecule has 0 saturated carbocycles. The molecule has 1 aliphatic rings. The highest BCUT2D eigenvalue weighted by Gasteiger charge is 2.37. The summed E-state index contributed by atoms with van der Waals surface area (Å²) in [6.45, 7) is 0.350. The van der Waals surface area contributed by atoms with Gasteiger partial charge in [-0.2, -0.15) is 0 Å². The number of fused-ring (bicyclic) bond motifs is 1. The molecule has 7 heteroatoms. The van der Waals surface area contributed by atoms with Gasteiger partial charge in [0.1, 0.15) is 11.9 Å². The first-order valence-corrected chi connectivity index (χ1v) is 9.15. The Bertz CT molecular complexity index is 991. The zero-order valence-electron chi connectivity index (χ0n) is 16.5. The molecular weight excluding hydrogens is 372 g/mol. The van der Waals surface area contributed by atoms with Gasteiger partial charge in [0.15, 0.2) is 11.5 Å². The molecule has 1 N–H and O–H groups in total. The Labute approximate surface area is 168 Å². The average Bonchev–Trinajstić information content (AvgIpc) is 3.36. The van der Waals surface area contributed by atoms with Crippen LogP contribution in [-0.4, -0.2) is 32.1 Å². The minimum atomic E-state index is -0.369. The summed E-state index contributed by atoms with van der Waals surface area (Å²) in [5.74, 6) is 2.23. The minimum Gasteiger partial charge on any atom is -0.493 e. The summed E-state index contributed by atoms with van der Waals surface area (Å²) < 4.78 is 21.8. The van der Waals surface area contributed by atoms with Crippen LogP contribution in [-0.2, 0) is 6.54 Å². The summed E-state index contributed by atoms with van der Waals surface area (Å²) >= 11 is 0. The molecule has 1 aliphatic heterocycles. The Morgan fingerprint density at radius 2 is 1.72 bits per heavy atom. The molecule has 150 valence electrons. The highest BCUT2D eigenvalue weighted by Crippen LogP contribution is 2.42. The van der Waals surface area contributed by atoms with E-state index in [1.807, 2.05) is 48.5 Å². The van der Waals surface area contributed by atoms with E-state index in [1.165, 1.54) is 0 Å². The zero-order valence-corrected chi connectivity index (χ0v) is 16.5. The van der Waals surface area contributed by atoms with Crippen molar-refractivity contribution >= 4 is 11.6 Å². The second-order valence-electron chi connectivity index (χ2n) is 6.56. The van der Waals surface area contributed by atoms with Crippen LogP contribution in [0.4, 0.5) is 5.69 Å². The number of anilines is 1. The molecule has 1 aromatic heterocycles. The van der Waals surface area contributed by atoms with Crippen molar-refractivity contribution in [2.45, 2.75) is 12.7 Å². The highest BCUT2D eigenvalue weighted by atomic mass is 16.5. The van der Waals surface area contributed by atoms with E-state index in [2.05, 4.69) is 5.32 Å². The predicted octanol–water partition coefficient (Wildman–Crippen LogP) is 4.07. The number of benzene rings is 2. The van der Waals surface area contributed by atoms with E-state index in [-0.39, 0.29) is 12.1 Å². The van der Waals surface area contributed by atoms with Gasteiger partial charge in [-0.15, -0.1) is 0 Å². The van der Waals surface area contributed by atoms with Gasteiger partial charge in [-0.05, 0) is 18.2 Å². The van der Waals surface area contributed by atoms with Gasteiger partial charge in [0.2, 0.25) is 5.75 Å². The molecule has 3 aromatic rings. The van der Waals surface area contributed by atoms with Gasteiger partial charge in [0.05, 0.1) is 34.1 Å². The van der Waals surface area contributed by atoms with Crippen molar-refractivity contribution in [1.29, 1.82) is 0 Å². The van der Waals surface area contributed by atoms with Gasteiger partial charge in [-0.3, -0.25) is 4.79 Å². The van der Waals surface area contributed by atoms with Gasteiger partial charge in [0.25, 0.3) is 5.91 Å². The summed E-state index contributed by atoms with van der Waals surface area (Å²) in [7, 11) is 4.70. The van der Waals surface area contributed by atoms with Crippen LogP contribution in [0.25, 0.3) is 0 Å². The van der Waals surface area contributed by atoms with Crippen molar-refractivity contribution < 1.29 is 23.4 Å². The van der Waals surface area contributed by atoms with Crippen LogP contribution in [0.2, 0.25) is 0 Å². The molecule has 0 unspecified atom stereocenters.